The van der Waals surface area contributed by atoms with Gasteiger partial charge >= 0.3 is 5.97 Å². The van der Waals surface area contributed by atoms with Crippen molar-refractivity contribution in [3.8, 4) is 0 Å². The van der Waals surface area contributed by atoms with E-state index in [1.54, 1.807) is 0 Å². The Morgan fingerprint density at radius 2 is 2.00 bits per heavy atom. The number of esters is 1. The maximum absolute atomic E-state index is 11.8. The molecule has 0 aromatic heterocycles. The number of halogens is 1. The minimum absolute atomic E-state index is 0.0365. The summed E-state index contributed by atoms with van der Waals surface area (Å²) >= 11 is 5.78. The Balaban J connectivity index is 2.82. The number of rotatable bonds is 5. The van der Waals surface area contributed by atoms with Crippen molar-refractivity contribution in [3.63, 3.8) is 0 Å². The first-order valence-corrected chi connectivity index (χ1v) is 7.87. The van der Waals surface area contributed by atoms with Crippen LogP contribution in [0.1, 0.15) is 16.8 Å². The zero-order valence-electron chi connectivity index (χ0n) is 11.0. The van der Waals surface area contributed by atoms with Gasteiger partial charge < -0.3 is 10.1 Å². The Kier molecular flexibility index (Phi) is 5.52. The number of sulfone groups is 1. The van der Waals surface area contributed by atoms with E-state index < -0.39 is 21.7 Å². The molecule has 1 aromatic carbocycles. The summed E-state index contributed by atoms with van der Waals surface area (Å²) in [5, 5.41) is 2.54. The highest BCUT2D eigenvalue weighted by Crippen LogP contribution is 2.22. The molecule has 0 radical (unpaired) electrons. The van der Waals surface area contributed by atoms with Crippen LogP contribution >= 0.6 is 11.6 Å². The van der Waals surface area contributed by atoms with E-state index >= 15 is 0 Å². The van der Waals surface area contributed by atoms with Gasteiger partial charge in [-0.15, -0.1) is 0 Å². The van der Waals surface area contributed by atoms with Gasteiger partial charge in [-0.25, -0.2) is 8.42 Å². The predicted octanol–water partition coefficient (Wildman–Crippen LogP) is 1.04. The molecule has 110 valence electrons. The first-order valence-electron chi connectivity index (χ1n) is 5.60. The molecule has 0 aliphatic rings. The number of hydrogen-bond donors (Lipinski definition) is 1. The van der Waals surface area contributed by atoms with Gasteiger partial charge in [0.05, 0.1) is 23.4 Å². The van der Waals surface area contributed by atoms with Crippen LogP contribution in [-0.2, 0) is 19.4 Å². The van der Waals surface area contributed by atoms with Crippen molar-refractivity contribution in [1.82, 2.24) is 5.32 Å². The molecule has 0 unspecified atom stereocenters. The fourth-order valence-corrected chi connectivity index (χ4v) is 2.71. The summed E-state index contributed by atoms with van der Waals surface area (Å²) in [7, 11) is -2.26. The summed E-state index contributed by atoms with van der Waals surface area (Å²) in [6.07, 6.45) is 1.04. The van der Waals surface area contributed by atoms with Crippen LogP contribution in [0.2, 0.25) is 5.02 Å². The van der Waals surface area contributed by atoms with Crippen molar-refractivity contribution in [2.75, 3.05) is 19.9 Å². The number of methoxy groups -OCH3 is 1. The lowest BCUT2D eigenvalue weighted by Crippen LogP contribution is -2.26. The van der Waals surface area contributed by atoms with Crippen molar-refractivity contribution < 1.29 is 22.7 Å². The topological polar surface area (TPSA) is 89.5 Å². The van der Waals surface area contributed by atoms with Crippen LogP contribution in [0, 0.1) is 0 Å². The maximum atomic E-state index is 11.8. The van der Waals surface area contributed by atoms with Crippen LogP contribution in [0.25, 0.3) is 0 Å². The van der Waals surface area contributed by atoms with E-state index in [1.165, 1.54) is 25.3 Å². The zero-order valence-corrected chi connectivity index (χ0v) is 12.5. The molecule has 6 nitrogen and oxygen atoms in total. The fourth-order valence-electron chi connectivity index (χ4n) is 1.41. The van der Waals surface area contributed by atoms with Crippen LogP contribution in [0.5, 0.6) is 0 Å². The molecule has 1 rings (SSSR count). The van der Waals surface area contributed by atoms with E-state index in [0.29, 0.717) is 0 Å². The molecule has 0 bridgehead atoms. The number of nitrogens with one attached hydrogen (secondary N) is 1. The molecule has 1 amide bonds. The predicted molar refractivity (Wildman–Crippen MR) is 73.5 cm³/mol. The quantitative estimate of drug-likeness (QED) is 0.819. The molecule has 0 aliphatic heterocycles. The summed E-state index contributed by atoms with van der Waals surface area (Å²) in [6, 6.07) is 3.95. The molecule has 1 N–H and O–H groups in total. The molecule has 0 saturated carbocycles. The molecule has 0 atom stereocenters. The lowest BCUT2D eigenvalue weighted by atomic mass is 10.2. The van der Waals surface area contributed by atoms with E-state index in [4.69, 9.17) is 11.6 Å². The van der Waals surface area contributed by atoms with E-state index in [0.717, 1.165) is 6.26 Å². The van der Waals surface area contributed by atoms with Crippen LogP contribution in [0.4, 0.5) is 0 Å². The van der Waals surface area contributed by atoms with Gasteiger partial charge in [-0.3, -0.25) is 9.59 Å². The second-order valence-corrected chi connectivity index (χ2v) is 6.39. The second-order valence-electron chi connectivity index (χ2n) is 4.00. The Morgan fingerprint density at radius 3 is 2.55 bits per heavy atom. The summed E-state index contributed by atoms with van der Waals surface area (Å²) in [5.74, 6) is -0.936. The molecule has 0 saturated heterocycles. The number of carbonyl (C=O) groups is 2. The van der Waals surface area contributed by atoms with Gasteiger partial charge in [0.15, 0.2) is 9.84 Å². The number of hydrogen-bond acceptors (Lipinski definition) is 5. The van der Waals surface area contributed by atoms with Crippen LogP contribution in [0.15, 0.2) is 23.1 Å². The average molecular weight is 320 g/mol. The molecule has 1 aromatic rings. The second kappa shape index (κ2) is 6.71. The SMILES string of the molecule is COC(=O)CCNC(=O)c1ccc(Cl)c(S(C)(=O)=O)c1. The van der Waals surface area contributed by atoms with E-state index in [2.05, 4.69) is 10.1 Å². The highest BCUT2D eigenvalue weighted by Gasteiger charge is 2.15. The number of amides is 1. The lowest BCUT2D eigenvalue weighted by Gasteiger charge is -2.07. The van der Waals surface area contributed by atoms with Crippen molar-refractivity contribution in [2.24, 2.45) is 0 Å². The Morgan fingerprint density at radius 1 is 1.35 bits per heavy atom. The first kappa shape index (κ1) is 16.5. The average Bonchev–Trinajstić information content (AvgIpc) is 2.37. The first-order chi connectivity index (χ1) is 9.25. The molecule has 0 heterocycles. The minimum atomic E-state index is -3.51. The fraction of sp³-hybridized carbons (Fsp3) is 0.333. The maximum Gasteiger partial charge on any atom is 0.307 e. The van der Waals surface area contributed by atoms with Gasteiger partial charge in [-0.1, -0.05) is 11.6 Å². The normalized spacial score (nSPS) is 10.9. The van der Waals surface area contributed by atoms with Crippen LogP contribution in [-0.4, -0.2) is 40.2 Å². The van der Waals surface area contributed by atoms with Crippen LogP contribution in [0.3, 0.4) is 0 Å². The highest BCUT2D eigenvalue weighted by atomic mass is 35.5. The van der Waals surface area contributed by atoms with Crippen molar-refractivity contribution in [3.05, 3.63) is 28.8 Å². The van der Waals surface area contributed by atoms with Crippen molar-refractivity contribution in [2.45, 2.75) is 11.3 Å². The molecular weight excluding hydrogens is 306 g/mol. The number of ether oxygens (including phenoxy) is 1. The largest absolute Gasteiger partial charge is 0.469 e. The van der Waals surface area contributed by atoms with Crippen molar-refractivity contribution >= 4 is 33.3 Å². The highest BCUT2D eigenvalue weighted by molar-refractivity contribution is 7.90. The third-order valence-corrected chi connectivity index (χ3v) is 4.01. The molecule has 8 heteroatoms. The monoisotopic (exact) mass is 319 g/mol. The minimum Gasteiger partial charge on any atom is -0.469 e. The third kappa shape index (κ3) is 4.50. The van der Waals surface area contributed by atoms with Gasteiger partial charge in [-0.05, 0) is 18.2 Å². The summed E-state index contributed by atoms with van der Waals surface area (Å²) in [4.78, 5) is 22.6. The summed E-state index contributed by atoms with van der Waals surface area (Å²) in [6.45, 7) is 0.0995. The Bertz CT molecular complexity index is 627. The summed E-state index contributed by atoms with van der Waals surface area (Å²) < 4.78 is 27.4. The zero-order chi connectivity index (χ0) is 15.3. The van der Waals surface area contributed by atoms with E-state index in [-0.39, 0.29) is 28.4 Å². The van der Waals surface area contributed by atoms with Crippen LogP contribution < -0.4 is 5.32 Å². The van der Waals surface area contributed by atoms with Gasteiger partial charge in [0.2, 0.25) is 0 Å². The van der Waals surface area contributed by atoms with Gasteiger partial charge in [-0.2, -0.15) is 0 Å². The number of benzene rings is 1. The van der Waals surface area contributed by atoms with Gasteiger partial charge in [0.25, 0.3) is 5.91 Å². The number of carbonyl (C=O) groups excluding carboxylic acids is 2. The van der Waals surface area contributed by atoms with Gasteiger partial charge in [0, 0.05) is 18.4 Å². The molecule has 0 aliphatic carbocycles. The Hall–Kier alpha value is -1.60. The van der Waals surface area contributed by atoms with Gasteiger partial charge in [0.1, 0.15) is 0 Å². The molecule has 0 spiro atoms. The standard InChI is InChI=1S/C12H14ClNO5S/c1-19-11(15)5-6-14-12(16)8-3-4-9(13)10(7-8)20(2,17)18/h3-4,7H,5-6H2,1-2H3,(H,14,16). The smallest absolute Gasteiger partial charge is 0.307 e. The third-order valence-electron chi connectivity index (χ3n) is 2.44. The van der Waals surface area contributed by atoms with E-state index in [1.807, 2.05) is 0 Å². The summed E-state index contributed by atoms with van der Waals surface area (Å²) in [5.41, 5.74) is 0.152. The molecular formula is C12H14ClNO5S. The molecule has 0 fully saturated rings. The van der Waals surface area contributed by atoms with E-state index in [9.17, 15) is 18.0 Å². The Labute approximate surface area is 122 Å². The van der Waals surface area contributed by atoms with Crippen molar-refractivity contribution in [1.29, 1.82) is 0 Å². The lowest BCUT2D eigenvalue weighted by molar-refractivity contribution is -0.140. The molecule has 20 heavy (non-hydrogen) atoms.